The fraction of sp³-hybridized carbons (Fsp3) is 0.591. The van der Waals surface area contributed by atoms with E-state index in [1.165, 1.54) is 54.4 Å². The van der Waals surface area contributed by atoms with Crippen LogP contribution in [0.1, 0.15) is 53.8 Å². The molecule has 2 bridgehead atoms. The summed E-state index contributed by atoms with van der Waals surface area (Å²) in [6.45, 7) is 3.33. The van der Waals surface area contributed by atoms with E-state index >= 15 is 0 Å². The Morgan fingerprint density at radius 2 is 2.12 bits per heavy atom. The molecule has 0 amide bonds. The van der Waals surface area contributed by atoms with E-state index in [1.54, 1.807) is 11.3 Å². The van der Waals surface area contributed by atoms with Crippen LogP contribution < -0.4 is 4.74 Å². The Labute approximate surface area is 158 Å². The van der Waals surface area contributed by atoms with Gasteiger partial charge in [-0.1, -0.05) is 12.1 Å². The molecule has 1 aromatic carbocycles. The average Bonchev–Trinajstić information content (AvgIpc) is 3.33. The van der Waals surface area contributed by atoms with Crippen LogP contribution in [0.3, 0.4) is 0 Å². The fourth-order valence-electron chi connectivity index (χ4n) is 5.94. The first-order valence-electron chi connectivity index (χ1n) is 10.2. The van der Waals surface area contributed by atoms with Crippen LogP contribution in [0.2, 0.25) is 0 Å². The second-order valence-corrected chi connectivity index (χ2v) is 9.75. The van der Waals surface area contributed by atoms with Crippen molar-refractivity contribution in [2.75, 3.05) is 19.7 Å². The molecule has 0 radical (unpaired) electrons. The van der Waals surface area contributed by atoms with Crippen LogP contribution >= 0.6 is 11.3 Å². The Bertz CT molecular complexity index is 889. The molecule has 4 fully saturated rings. The van der Waals surface area contributed by atoms with Crippen LogP contribution in [0.25, 0.3) is 10.1 Å². The molecule has 4 heteroatoms. The first kappa shape index (κ1) is 15.6. The summed E-state index contributed by atoms with van der Waals surface area (Å²) < 4.78 is 7.14. The minimum absolute atomic E-state index is 0.362. The highest BCUT2D eigenvalue weighted by molar-refractivity contribution is 7.21. The van der Waals surface area contributed by atoms with Crippen LogP contribution in [0.4, 0.5) is 0 Å². The van der Waals surface area contributed by atoms with E-state index in [4.69, 9.17) is 4.74 Å². The molecule has 2 aromatic rings. The lowest BCUT2D eigenvalue weighted by Gasteiger charge is -2.52. The van der Waals surface area contributed by atoms with E-state index in [0.29, 0.717) is 17.2 Å². The first-order valence-corrected chi connectivity index (χ1v) is 11.0. The summed E-state index contributed by atoms with van der Waals surface area (Å²) in [4.78, 5) is 16.8. The van der Waals surface area contributed by atoms with Gasteiger partial charge in [-0.2, -0.15) is 0 Å². The zero-order valence-electron chi connectivity index (χ0n) is 15.1. The SMILES string of the molecule is O=C(C[C@@H]1C2CCN(CC2)C12CC2)c1cc2ccc3c(c2s1)OCCC3. The van der Waals surface area contributed by atoms with Crippen molar-refractivity contribution in [2.24, 2.45) is 11.8 Å². The van der Waals surface area contributed by atoms with Gasteiger partial charge in [0.2, 0.25) is 0 Å². The topological polar surface area (TPSA) is 29.5 Å². The molecule has 26 heavy (non-hydrogen) atoms. The van der Waals surface area contributed by atoms with E-state index in [-0.39, 0.29) is 0 Å². The lowest BCUT2D eigenvalue weighted by Crippen LogP contribution is -2.57. The van der Waals surface area contributed by atoms with Crippen LogP contribution in [-0.4, -0.2) is 35.9 Å². The van der Waals surface area contributed by atoms with Gasteiger partial charge in [0, 0.05) is 12.0 Å². The molecule has 3 nitrogen and oxygen atoms in total. The summed E-state index contributed by atoms with van der Waals surface area (Å²) >= 11 is 1.66. The van der Waals surface area contributed by atoms with E-state index in [1.807, 2.05) is 0 Å². The molecule has 1 aromatic heterocycles. The number of hydrogen-bond acceptors (Lipinski definition) is 4. The third-order valence-corrected chi connectivity index (χ3v) is 8.62. The van der Waals surface area contributed by atoms with Gasteiger partial charge in [-0.25, -0.2) is 0 Å². The maximum atomic E-state index is 13.2. The number of nitrogens with zero attached hydrogens (tertiary/aromatic N) is 1. The van der Waals surface area contributed by atoms with Gasteiger partial charge in [-0.05, 0) is 80.5 Å². The third-order valence-electron chi connectivity index (χ3n) is 7.43. The van der Waals surface area contributed by atoms with Crippen molar-refractivity contribution in [1.82, 2.24) is 4.90 Å². The average molecular weight is 368 g/mol. The molecular formula is C22H25NO2S. The summed E-state index contributed by atoms with van der Waals surface area (Å²) in [5.41, 5.74) is 1.70. The van der Waals surface area contributed by atoms with Gasteiger partial charge >= 0.3 is 0 Å². The number of fused-ring (bicyclic) bond motifs is 5. The van der Waals surface area contributed by atoms with Crippen molar-refractivity contribution in [3.8, 4) is 5.75 Å². The van der Waals surface area contributed by atoms with E-state index in [2.05, 4.69) is 23.1 Å². The monoisotopic (exact) mass is 367 g/mol. The second-order valence-electron chi connectivity index (χ2n) is 8.70. The molecular weight excluding hydrogens is 342 g/mol. The Morgan fingerprint density at radius 1 is 1.27 bits per heavy atom. The molecule has 0 N–H and O–H groups in total. The molecule has 4 aliphatic heterocycles. The molecule has 5 heterocycles. The van der Waals surface area contributed by atoms with Crippen LogP contribution in [0.15, 0.2) is 18.2 Å². The predicted molar refractivity (Wildman–Crippen MR) is 104 cm³/mol. The van der Waals surface area contributed by atoms with Crippen molar-refractivity contribution in [2.45, 2.75) is 50.5 Å². The minimum atomic E-state index is 0.362. The number of aryl methyl sites for hydroxylation is 1. The van der Waals surface area contributed by atoms with Crippen molar-refractivity contribution in [3.05, 3.63) is 28.6 Å². The van der Waals surface area contributed by atoms with Crippen molar-refractivity contribution in [3.63, 3.8) is 0 Å². The molecule has 5 aliphatic rings. The summed E-state index contributed by atoms with van der Waals surface area (Å²) in [6.07, 6.45) is 8.16. The largest absolute Gasteiger partial charge is 0.492 e. The van der Waals surface area contributed by atoms with Gasteiger partial charge < -0.3 is 4.74 Å². The predicted octanol–water partition coefficient (Wildman–Crippen LogP) is 4.67. The maximum Gasteiger partial charge on any atom is 0.173 e. The van der Waals surface area contributed by atoms with Crippen molar-refractivity contribution >= 4 is 27.2 Å². The molecule has 0 unspecified atom stereocenters. The number of rotatable bonds is 3. The zero-order valence-corrected chi connectivity index (χ0v) is 15.9. The molecule has 3 saturated heterocycles. The smallest absolute Gasteiger partial charge is 0.173 e. The molecule has 1 saturated carbocycles. The molecule has 1 aliphatic carbocycles. The lowest BCUT2D eigenvalue weighted by molar-refractivity contribution is -0.0273. The Kier molecular flexibility index (Phi) is 3.34. The fourth-order valence-corrected chi connectivity index (χ4v) is 7.07. The number of thiophene rings is 1. The third kappa shape index (κ3) is 2.18. The van der Waals surface area contributed by atoms with Crippen LogP contribution in [-0.2, 0) is 6.42 Å². The van der Waals surface area contributed by atoms with E-state index < -0.39 is 0 Å². The van der Waals surface area contributed by atoms with Gasteiger partial charge in [0.25, 0.3) is 0 Å². The molecule has 7 rings (SSSR count). The highest BCUT2D eigenvalue weighted by Crippen LogP contribution is 2.58. The number of piperidine rings is 3. The summed E-state index contributed by atoms with van der Waals surface area (Å²) in [5, 5.41) is 1.18. The van der Waals surface area contributed by atoms with Crippen molar-refractivity contribution in [1.29, 1.82) is 0 Å². The van der Waals surface area contributed by atoms with E-state index in [0.717, 1.165) is 42.4 Å². The Morgan fingerprint density at radius 3 is 2.92 bits per heavy atom. The summed E-state index contributed by atoms with van der Waals surface area (Å²) in [5.74, 6) is 2.77. The van der Waals surface area contributed by atoms with Gasteiger partial charge in [0.05, 0.1) is 16.2 Å². The number of ketones is 1. The van der Waals surface area contributed by atoms with Crippen LogP contribution in [0.5, 0.6) is 5.75 Å². The number of hydrogen-bond donors (Lipinski definition) is 0. The number of carbonyl (C=O) groups excluding carboxylic acids is 1. The summed E-state index contributed by atoms with van der Waals surface area (Å²) in [6, 6.07) is 6.47. The molecule has 1 spiro atoms. The zero-order chi connectivity index (χ0) is 17.3. The van der Waals surface area contributed by atoms with Gasteiger partial charge in [-0.15, -0.1) is 11.3 Å². The minimum Gasteiger partial charge on any atom is -0.492 e. The number of carbonyl (C=O) groups is 1. The normalized spacial score (nSPS) is 31.0. The summed E-state index contributed by atoms with van der Waals surface area (Å²) in [7, 11) is 0. The standard InChI is InChI=1S/C22H25NO2S/c24-18(13-17-14-5-9-23(10-6-14)22(17)7-8-22)19-12-16-4-3-15-2-1-11-25-20(15)21(16)26-19/h3-4,12,14,17H,1-2,5-11,13H2/t17-/m1/s1. The maximum absolute atomic E-state index is 13.2. The number of Topliss-reactive ketones (excluding diaryl/α,β-unsaturated/α-hetero) is 1. The first-order chi connectivity index (χ1) is 12.7. The number of ether oxygens (including phenoxy) is 1. The highest BCUT2D eigenvalue weighted by Gasteiger charge is 2.60. The molecule has 1 atom stereocenters. The quantitative estimate of drug-likeness (QED) is 0.738. The van der Waals surface area contributed by atoms with Crippen molar-refractivity contribution < 1.29 is 9.53 Å². The number of benzene rings is 1. The van der Waals surface area contributed by atoms with Gasteiger partial charge in [0.1, 0.15) is 5.75 Å². The van der Waals surface area contributed by atoms with Crippen LogP contribution in [0, 0.1) is 11.8 Å². The van der Waals surface area contributed by atoms with E-state index in [9.17, 15) is 4.79 Å². The van der Waals surface area contributed by atoms with Gasteiger partial charge in [0.15, 0.2) is 5.78 Å². The molecule has 136 valence electrons. The lowest BCUT2D eigenvalue weighted by atomic mass is 9.70. The second kappa shape index (κ2) is 5.56. The highest BCUT2D eigenvalue weighted by atomic mass is 32.1. The Hall–Kier alpha value is -1.39. The van der Waals surface area contributed by atoms with Gasteiger partial charge in [-0.3, -0.25) is 9.69 Å². The Balaban J connectivity index is 1.31.